The largest absolute Gasteiger partial charge is 0.448 e. The predicted octanol–water partition coefficient (Wildman–Crippen LogP) is -1.84. The highest BCUT2D eigenvalue weighted by atomic mass is 16.6. The average molecular weight is 191 g/mol. The van der Waals surface area contributed by atoms with E-state index in [4.69, 9.17) is 16.7 Å². The van der Waals surface area contributed by atoms with Gasteiger partial charge in [-0.15, -0.1) is 0 Å². The SMILES string of the molecule is CCOC(=O)N(N)C(=O)[C@@H](N)CO. The van der Waals surface area contributed by atoms with Crippen molar-refractivity contribution in [3.05, 3.63) is 0 Å². The standard InChI is InChI=1S/C6H13N3O4/c1-2-13-6(12)9(8)5(11)4(7)3-10/h4,10H,2-3,7-8H2,1H3/t4-/m0/s1. The minimum absolute atomic E-state index is 0.105. The van der Waals surface area contributed by atoms with Gasteiger partial charge in [0.15, 0.2) is 0 Å². The predicted molar refractivity (Wildman–Crippen MR) is 43.1 cm³/mol. The number of rotatable bonds is 3. The first-order valence-electron chi connectivity index (χ1n) is 3.66. The molecule has 0 saturated heterocycles. The van der Waals surface area contributed by atoms with Crippen molar-refractivity contribution in [1.82, 2.24) is 5.01 Å². The first-order valence-corrected chi connectivity index (χ1v) is 3.66. The molecule has 0 aliphatic heterocycles. The first-order chi connectivity index (χ1) is 6.04. The van der Waals surface area contributed by atoms with E-state index < -0.39 is 24.6 Å². The van der Waals surface area contributed by atoms with E-state index in [0.717, 1.165) is 0 Å². The molecule has 0 aromatic carbocycles. The van der Waals surface area contributed by atoms with Crippen LogP contribution in [-0.2, 0) is 9.53 Å². The molecular weight excluding hydrogens is 178 g/mol. The van der Waals surface area contributed by atoms with Crippen molar-refractivity contribution in [3.63, 3.8) is 0 Å². The Morgan fingerprint density at radius 3 is 2.54 bits per heavy atom. The number of aliphatic hydroxyl groups is 1. The van der Waals surface area contributed by atoms with Gasteiger partial charge in [0.05, 0.1) is 13.2 Å². The van der Waals surface area contributed by atoms with Crippen molar-refractivity contribution < 1.29 is 19.4 Å². The molecule has 0 aromatic heterocycles. The molecule has 7 nitrogen and oxygen atoms in total. The number of ether oxygens (including phenoxy) is 1. The third kappa shape index (κ3) is 3.36. The second-order valence-corrected chi connectivity index (χ2v) is 2.20. The lowest BCUT2D eigenvalue weighted by molar-refractivity contribution is -0.131. The number of amides is 2. The Hall–Kier alpha value is -1.18. The second kappa shape index (κ2) is 5.46. The lowest BCUT2D eigenvalue weighted by Gasteiger charge is -2.16. The van der Waals surface area contributed by atoms with Crippen molar-refractivity contribution >= 4 is 12.0 Å². The van der Waals surface area contributed by atoms with Gasteiger partial charge in [-0.25, -0.2) is 10.6 Å². The lowest BCUT2D eigenvalue weighted by atomic mass is 10.3. The Morgan fingerprint density at radius 2 is 2.15 bits per heavy atom. The molecule has 7 heteroatoms. The van der Waals surface area contributed by atoms with Crippen LogP contribution in [-0.4, -0.2) is 41.4 Å². The van der Waals surface area contributed by atoms with E-state index in [2.05, 4.69) is 4.74 Å². The summed E-state index contributed by atoms with van der Waals surface area (Å²) in [5.41, 5.74) is 5.12. The molecule has 0 heterocycles. The number of aliphatic hydroxyl groups excluding tert-OH is 1. The smallest absolute Gasteiger partial charge is 0.431 e. The van der Waals surface area contributed by atoms with Gasteiger partial charge in [-0.3, -0.25) is 4.79 Å². The zero-order chi connectivity index (χ0) is 10.4. The van der Waals surface area contributed by atoms with E-state index in [9.17, 15) is 9.59 Å². The Kier molecular flexibility index (Phi) is 4.97. The summed E-state index contributed by atoms with van der Waals surface area (Å²) in [4.78, 5) is 21.8. The van der Waals surface area contributed by atoms with Crippen molar-refractivity contribution in [1.29, 1.82) is 0 Å². The quantitative estimate of drug-likeness (QED) is 0.274. The van der Waals surface area contributed by atoms with Crippen LogP contribution in [0.2, 0.25) is 0 Å². The summed E-state index contributed by atoms with van der Waals surface area (Å²) < 4.78 is 4.42. The van der Waals surface area contributed by atoms with Gasteiger partial charge in [0.25, 0.3) is 5.91 Å². The van der Waals surface area contributed by atoms with Crippen LogP contribution < -0.4 is 11.6 Å². The maximum absolute atomic E-state index is 11.0. The Bertz CT molecular complexity index is 196. The molecule has 0 aliphatic carbocycles. The van der Waals surface area contributed by atoms with Crippen LogP contribution in [0.5, 0.6) is 0 Å². The molecule has 0 rings (SSSR count). The number of nitrogens with two attached hydrogens (primary N) is 2. The molecule has 0 aromatic rings. The van der Waals surface area contributed by atoms with Crippen molar-refractivity contribution in [2.45, 2.75) is 13.0 Å². The minimum atomic E-state index is -1.20. The number of imide groups is 1. The second-order valence-electron chi connectivity index (χ2n) is 2.20. The van der Waals surface area contributed by atoms with Gasteiger partial charge < -0.3 is 15.6 Å². The third-order valence-corrected chi connectivity index (χ3v) is 1.22. The van der Waals surface area contributed by atoms with E-state index in [1.807, 2.05) is 0 Å². The fraction of sp³-hybridized carbons (Fsp3) is 0.667. The molecule has 0 spiro atoms. The highest BCUT2D eigenvalue weighted by molar-refractivity contribution is 5.94. The van der Waals surface area contributed by atoms with Crippen LogP contribution in [0, 0.1) is 0 Å². The molecule has 1 atom stereocenters. The first kappa shape index (κ1) is 11.8. The topological polar surface area (TPSA) is 119 Å². The van der Waals surface area contributed by atoms with Crippen LogP contribution in [0.1, 0.15) is 6.92 Å². The molecular formula is C6H13N3O4. The molecule has 0 saturated carbocycles. The molecule has 0 bridgehead atoms. The fourth-order valence-electron chi connectivity index (χ4n) is 0.540. The summed E-state index contributed by atoms with van der Waals surface area (Å²) in [6.07, 6.45) is -0.989. The van der Waals surface area contributed by atoms with Gasteiger partial charge >= 0.3 is 6.09 Å². The van der Waals surface area contributed by atoms with Crippen LogP contribution in [0.15, 0.2) is 0 Å². The van der Waals surface area contributed by atoms with Gasteiger partial charge in [0.2, 0.25) is 0 Å². The number of carbonyl (C=O) groups is 2. The third-order valence-electron chi connectivity index (χ3n) is 1.22. The molecule has 5 N–H and O–H groups in total. The summed E-state index contributed by atoms with van der Waals surface area (Å²) in [5, 5.41) is 8.73. The lowest BCUT2D eigenvalue weighted by Crippen LogP contribution is -2.52. The van der Waals surface area contributed by atoms with Crippen molar-refractivity contribution in [2.24, 2.45) is 11.6 Å². The molecule has 0 fully saturated rings. The normalized spacial score (nSPS) is 12.0. The van der Waals surface area contributed by atoms with Gasteiger partial charge in [0.1, 0.15) is 6.04 Å². The molecule has 0 aliphatic rings. The van der Waals surface area contributed by atoms with E-state index in [1.54, 1.807) is 6.92 Å². The highest BCUT2D eigenvalue weighted by Gasteiger charge is 2.24. The molecule has 0 radical (unpaired) electrons. The highest BCUT2D eigenvalue weighted by Crippen LogP contribution is 1.91. The van der Waals surface area contributed by atoms with E-state index in [1.165, 1.54) is 0 Å². The Labute approximate surface area is 75.2 Å². The van der Waals surface area contributed by atoms with E-state index >= 15 is 0 Å². The molecule has 0 unspecified atom stereocenters. The maximum atomic E-state index is 11.0. The van der Waals surface area contributed by atoms with Gasteiger partial charge in [-0.05, 0) is 6.92 Å². The van der Waals surface area contributed by atoms with Crippen molar-refractivity contribution in [3.8, 4) is 0 Å². The number of hydrogen-bond acceptors (Lipinski definition) is 6. The van der Waals surface area contributed by atoms with Crippen LogP contribution >= 0.6 is 0 Å². The van der Waals surface area contributed by atoms with Crippen LogP contribution in [0.25, 0.3) is 0 Å². The van der Waals surface area contributed by atoms with E-state index in [0.29, 0.717) is 0 Å². The molecule has 13 heavy (non-hydrogen) atoms. The van der Waals surface area contributed by atoms with Crippen LogP contribution in [0.3, 0.4) is 0 Å². The Morgan fingerprint density at radius 1 is 1.62 bits per heavy atom. The fourth-order valence-corrected chi connectivity index (χ4v) is 0.540. The maximum Gasteiger partial charge on any atom is 0.431 e. The molecule has 2 amide bonds. The van der Waals surface area contributed by atoms with E-state index in [-0.39, 0.29) is 11.6 Å². The zero-order valence-corrected chi connectivity index (χ0v) is 7.27. The van der Waals surface area contributed by atoms with Gasteiger partial charge in [0, 0.05) is 0 Å². The summed E-state index contributed by atoms with van der Waals surface area (Å²) in [5.74, 6) is 4.15. The monoisotopic (exact) mass is 191 g/mol. The number of hydrogen-bond donors (Lipinski definition) is 3. The molecule has 76 valence electrons. The number of carbonyl (C=O) groups excluding carboxylic acids is 2. The average Bonchev–Trinajstić information content (AvgIpc) is 2.14. The van der Waals surface area contributed by atoms with Crippen LogP contribution in [0.4, 0.5) is 4.79 Å². The van der Waals surface area contributed by atoms with Crippen molar-refractivity contribution in [2.75, 3.05) is 13.2 Å². The number of nitrogens with zero attached hydrogens (tertiary/aromatic N) is 1. The summed E-state index contributed by atoms with van der Waals surface area (Å²) in [6.45, 7) is 1.10. The summed E-state index contributed by atoms with van der Waals surface area (Å²) in [7, 11) is 0. The van der Waals surface area contributed by atoms with Gasteiger partial charge in [-0.1, -0.05) is 0 Å². The minimum Gasteiger partial charge on any atom is -0.448 e. The zero-order valence-electron chi connectivity index (χ0n) is 7.27. The van der Waals surface area contributed by atoms with Gasteiger partial charge in [-0.2, -0.15) is 5.01 Å². The Balaban J connectivity index is 4.16. The summed E-state index contributed by atoms with van der Waals surface area (Å²) >= 11 is 0. The number of hydrazine groups is 1. The summed E-state index contributed by atoms with van der Waals surface area (Å²) in [6, 6.07) is -1.20.